The number of aliphatic imine (C=N–C) groups is 1. The maximum Gasteiger partial charge on any atom is 0.251 e. The quantitative estimate of drug-likeness (QED) is 0.395. The molecule has 0 radical (unpaired) electrons. The molecule has 1 aromatic rings. The summed E-state index contributed by atoms with van der Waals surface area (Å²) >= 11 is 2.02. The lowest BCUT2D eigenvalue weighted by molar-refractivity contribution is 0.0954. The molecule has 1 fully saturated rings. The molecule has 132 valence electrons. The molecule has 1 heterocycles. The van der Waals surface area contributed by atoms with E-state index >= 15 is 0 Å². The van der Waals surface area contributed by atoms with Crippen LogP contribution in [0.3, 0.4) is 0 Å². The highest BCUT2D eigenvalue weighted by molar-refractivity contribution is 8.00. The van der Waals surface area contributed by atoms with Gasteiger partial charge >= 0.3 is 0 Å². The molecule has 0 saturated carbocycles. The van der Waals surface area contributed by atoms with Crippen LogP contribution in [-0.4, -0.2) is 56.7 Å². The summed E-state index contributed by atoms with van der Waals surface area (Å²) in [5.74, 6) is 2.69. The molecule has 1 amide bonds. The van der Waals surface area contributed by atoms with Crippen LogP contribution in [-0.2, 0) is 0 Å². The Kier molecular flexibility index (Phi) is 7.74. The molecule has 1 aromatic carbocycles. The Balaban J connectivity index is 1.64. The average molecular weight is 350 g/mol. The summed E-state index contributed by atoms with van der Waals surface area (Å²) in [6.45, 7) is 2.09. The van der Waals surface area contributed by atoms with Crippen molar-refractivity contribution >= 4 is 23.6 Å². The summed E-state index contributed by atoms with van der Waals surface area (Å²) < 4.78 is 5.08. The SMILES string of the molecule is CN=C(NCCNC(=O)c1ccc(OC)cc1)NCC1CCCS1. The molecule has 1 aliphatic heterocycles. The van der Waals surface area contributed by atoms with Crippen molar-refractivity contribution in [2.75, 3.05) is 39.5 Å². The van der Waals surface area contributed by atoms with Gasteiger partial charge < -0.3 is 20.7 Å². The van der Waals surface area contributed by atoms with Crippen LogP contribution in [0.1, 0.15) is 23.2 Å². The lowest BCUT2D eigenvalue weighted by Crippen LogP contribution is -2.43. The number of nitrogens with one attached hydrogen (secondary N) is 3. The summed E-state index contributed by atoms with van der Waals surface area (Å²) in [5, 5.41) is 10.1. The topological polar surface area (TPSA) is 74.8 Å². The van der Waals surface area contributed by atoms with Crippen molar-refractivity contribution in [3.8, 4) is 5.75 Å². The molecule has 1 unspecified atom stereocenters. The fourth-order valence-electron chi connectivity index (χ4n) is 2.44. The smallest absolute Gasteiger partial charge is 0.251 e. The van der Waals surface area contributed by atoms with Crippen LogP contribution >= 0.6 is 11.8 Å². The van der Waals surface area contributed by atoms with Gasteiger partial charge in [0.05, 0.1) is 7.11 Å². The molecule has 1 aliphatic rings. The number of guanidine groups is 1. The summed E-state index contributed by atoms with van der Waals surface area (Å²) in [4.78, 5) is 16.2. The third-order valence-corrected chi connectivity index (χ3v) is 5.20. The van der Waals surface area contributed by atoms with Crippen molar-refractivity contribution in [1.82, 2.24) is 16.0 Å². The number of rotatable bonds is 7. The van der Waals surface area contributed by atoms with Crippen molar-refractivity contribution in [2.24, 2.45) is 4.99 Å². The van der Waals surface area contributed by atoms with Crippen LogP contribution in [0.5, 0.6) is 5.75 Å². The van der Waals surface area contributed by atoms with Gasteiger partial charge in [0.2, 0.25) is 0 Å². The van der Waals surface area contributed by atoms with E-state index in [1.807, 2.05) is 11.8 Å². The van der Waals surface area contributed by atoms with E-state index in [9.17, 15) is 4.79 Å². The second kappa shape index (κ2) is 10.1. The average Bonchev–Trinajstić information content (AvgIpc) is 3.14. The molecule has 2 rings (SSSR count). The van der Waals surface area contributed by atoms with E-state index in [0.29, 0.717) is 23.9 Å². The van der Waals surface area contributed by atoms with Crippen LogP contribution in [0.4, 0.5) is 0 Å². The Morgan fingerprint density at radius 3 is 2.62 bits per heavy atom. The van der Waals surface area contributed by atoms with Gasteiger partial charge in [0.1, 0.15) is 5.75 Å². The zero-order valence-corrected chi connectivity index (χ0v) is 15.1. The van der Waals surface area contributed by atoms with Gasteiger partial charge in [-0.05, 0) is 42.9 Å². The van der Waals surface area contributed by atoms with Crippen LogP contribution in [0.25, 0.3) is 0 Å². The number of hydrogen-bond acceptors (Lipinski definition) is 4. The Morgan fingerprint density at radius 1 is 1.25 bits per heavy atom. The minimum absolute atomic E-state index is 0.0928. The highest BCUT2D eigenvalue weighted by atomic mass is 32.2. The third kappa shape index (κ3) is 5.96. The number of benzene rings is 1. The highest BCUT2D eigenvalue weighted by Gasteiger charge is 2.15. The van der Waals surface area contributed by atoms with E-state index in [-0.39, 0.29) is 5.91 Å². The number of carbonyl (C=O) groups excluding carboxylic acids is 1. The predicted molar refractivity (Wildman–Crippen MR) is 100 cm³/mol. The van der Waals surface area contributed by atoms with Crippen molar-refractivity contribution in [2.45, 2.75) is 18.1 Å². The Morgan fingerprint density at radius 2 is 2.00 bits per heavy atom. The fourth-order valence-corrected chi connectivity index (χ4v) is 3.64. The molecule has 7 heteroatoms. The summed E-state index contributed by atoms with van der Waals surface area (Å²) in [5.41, 5.74) is 0.622. The molecule has 6 nitrogen and oxygen atoms in total. The van der Waals surface area contributed by atoms with Crippen molar-refractivity contribution in [3.05, 3.63) is 29.8 Å². The predicted octanol–water partition coefficient (Wildman–Crippen LogP) is 1.49. The van der Waals surface area contributed by atoms with Crippen molar-refractivity contribution in [3.63, 3.8) is 0 Å². The number of carbonyl (C=O) groups is 1. The van der Waals surface area contributed by atoms with Crippen molar-refractivity contribution in [1.29, 1.82) is 0 Å². The monoisotopic (exact) mass is 350 g/mol. The highest BCUT2D eigenvalue weighted by Crippen LogP contribution is 2.25. The number of hydrogen-bond donors (Lipinski definition) is 3. The molecule has 3 N–H and O–H groups in total. The Labute approximate surface area is 147 Å². The van der Waals surface area contributed by atoms with Gasteiger partial charge in [-0.15, -0.1) is 0 Å². The molecule has 1 atom stereocenters. The van der Waals surface area contributed by atoms with E-state index in [1.165, 1.54) is 18.6 Å². The first-order valence-electron chi connectivity index (χ1n) is 8.21. The van der Waals surface area contributed by atoms with Gasteiger partial charge in [-0.2, -0.15) is 11.8 Å². The minimum atomic E-state index is -0.0928. The first-order chi connectivity index (χ1) is 11.7. The summed E-state index contributed by atoms with van der Waals surface area (Å²) in [7, 11) is 3.36. The standard InChI is InChI=1S/C17H26N4O2S/c1-18-17(21-12-15-4-3-11-24-15)20-10-9-19-16(22)13-5-7-14(23-2)8-6-13/h5-8,15H,3-4,9-12H2,1-2H3,(H,19,22)(H2,18,20,21). The van der Waals surface area contributed by atoms with E-state index in [1.54, 1.807) is 38.4 Å². The first kappa shape index (κ1) is 18.4. The van der Waals surface area contributed by atoms with Crippen LogP contribution in [0.15, 0.2) is 29.3 Å². The molecule has 0 spiro atoms. The molecular weight excluding hydrogens is 324 g/mol. The maximum absolute atomic E-state index is 12.0. The van der Waals surface area contributed by atoms with Gasteiger partial charge in [-0.1, -0.05) is 0 Å². The second-order valence-electron chi connectivity index (χ2n) is 5.50. The first-order valence-corrected chi connectivity index (χ1v) is 9.26. The number of nitrogens with zero attached hydrogens (tertiary/aromatic N) is 1. The minimum Gasteiger partial charge on any atom is -0.497 e. The Hall–Kier alpha value is -1.89. The van der Waals surface area contributed by atoms with Crippen molar-refractivity contribution < 1.29 is 9.53 Å². The Bertz CT molecular complexity index is 542. The van der Waals surface area contributed by atoms with Gasteiger partial charge in [-0.25, -0.2) is 0 Å². The van der Waals surface area contributed by atoms with E-state index in [4.69, 9.17) is 4.74 Å². The van der Waals surface area contributed by atoms with Gasteiger partial charge in [0, 0.05) is 37.5 Å². The van der Waals surface area contributed by atoms with Gasteiger partial charge in [0.25, 0.3) is 5.91 Å². The number of amides is 1. The number of methoxy groups -OCH3 is 1. The summed E-state index contributed by atoms with van der Waals surface area (Å²) in [6.07, 6.45) is 2.58. The zero-order chi connectivity index (χ0) is 17.2. The molecule has 0 bridgehead atoms. The molecular formula is C17H26N4O2S. The van der Waals surface area contributed by atoms with E-state index in [0.717, 1.165) is 18.3 Å². The van der Waals surface area contributed by atoms with Crippen LogP contribution in [0, 0.1) is 0 Å². The maximum atomic E-state index is 12.0. The molecule has 0 aromatic heterocycles. The van der Waals surface area contributed by atoms with Gasteiger partial charge in [0.15, 0.2) is 5.96 Å². The fraction of sp³-hybridized carbons (Fsp3) is 0.529. The van der Waals surface area contributed by atoms with Crippen LogP contribution in [0.2, 0.25) is 0 Å². The zero-order valence-electron chi connectivity index (χ0n) is 14.3. The van der Waals surface area contributed by atoms with Gasteiger partial charge in [-0.3, -0.25) is 9.79 Å². The molecule has 24 heavy (non-hydrogen) atoms. The number of thioether (sulfide) groups is 1. The largest absolute Gasteiger partial charge is 0.497 e. The summed E-state index contributed by atoms with van der Waals surface area (Å²) in [6, 6.07) is 7.06. The van der Waals surface area contributed by atoms with Crippen LogP contribution < -0.4 is 20.7 Å². The molecule has 0 aliphatic carbocycles. The van der Waals surface area contributed by atoms with E-state index < -0.39 is 0 Å². The normalized spacial score (nSPS) is 17.4. The lowest BCUT2D eigenvalue weighted by atomic mass is 10.2. The van der Waals surface area contributed by atoms with E-state index in [2.05, 4.69) is 20.9 Å². The molecule has 1 saturated heterocycles. The second-order valence-corrected chi connectivity index (χ2v) is 6.91. The lowest BCUT2D eigenvalue weighted by Gasteiger charge is -2.15. The number of ether oxygens (including phenoxy) is 1. The third-order valence-electron chi connectivity index (χ3n) is 3.80.